The summed E-state index contributed by atoms with van der Waals surface area (Å²) in [6.07, 6.45) is -2.70. The van der Waals surface area contributed by atoms with Crippen molar-refractivity contribution in [1.82, 2.24) is 15.6 Å². The monoisotopic (exact) mass is 267 g/mol. The number of amides is 1. The second kappa shape index (κ2) is 5.97. The summed E-state index contributed by atoms with van der Waals surface area (Å²) in [5, 5.41) is 5.42. The van der Waals surface area contributed by atoms with Gasteiger partial charge in [0.05, 0.1) is 11.6 Å². The average molecular weight is 267 g/mol. The second-order valence-corrected chi connectivity index (χ2v) is 4.66. The quantitative estimate of drug-likeness (QED) is 0.843. The minimum Gasteiger partial charge on any atom is -0.346 e. The van der Waals surface area contributed by atoms with Crippen LogP contribution in [0.5, 0.6) is 0 Å². The zero-order valence-corrected chi connectivity index (χ0v) is 9.91. The molecule has 0 unspecified atom stereocenters. The van der Waals surface area contributed by atoms with E-state index in [4.69, 9.17) is 0 Å². The highest BCUT2D eigenvalue weighted by atomic mass is 32.1. The molecule has 0 fully saturated rings. The first-order chi connectivity index (χ1) is 7.87. The molecule has 96 valence electrons. The summed E-state index contributed by atoms with van der Waals surface area (Å²) in [5.74, 6) is -0.677. The zero-order valence-electron chi connectivity index (χ0n) is 9.10. The van der Waals surface area contributed by atoms with Crippen molar-refractivity contribution in [2.45, 2.75) is 19.6 Å². The predicted molar refractivity (Wildman–Crippen MR) is 57.6 cm³/mol. The van der Waals surface area contributed by atoms with Crippen LogP contribution in [0.2, 0.25) is 0 Å². The molecule has 0 radical (unpaired) electrons. The Bertz CT molecular complexity index is 378. The highest BCUT2D eigenvalue weighted by molar-refractivity contribution is 7.11. The first-order valence-corrected chi connectivity index (χ1v) is 5.64. The fourth-order valence-electron chi connectivity index (χ4n) is 1.05. The second-order valence-electron chi connectivity index (χ2n) is 3.34. The molecule has 0 aliphatic heterocycles. The molecule has 1 rings (SSSR count). The van der Waals surface area contributed by atoms with Crippen molar-refractivity contribution in [3.05, 3.63) is 16.1 Å². The Morgan fingerprint density at radius 3 is 2.76 bits per heavy atom. The van der Waals surface area contributed by atoms with E-state index in [9.17, 15) is 18.0 Å². The number of carbonyl (C=O) groups is 1. The third-order valence-electron chi connectivity index (χ3n) is 1.74. The summed E-state index contributed by atoms with van der Waals surface area (Å²) >= 11 is 1.47. The van der Waals surface area contributed by atoms with Crippen LogP contribution in [0.3, 0.4) is 0 Å². The molecule has 1 aromatic heterocycles. The summed E-state index contributed by atoms with van der Waals surface area (Å²) in [6, 6.07) is 0. The summed E-state index contributed by atoms with van der Waals surface area (Å²) in [6.45, 7) is 0.829. The molecule has 8 heteroatoms. The van der Waals surface area contributed by atoms with Gasteiger partial charge < -0.3 is 10.6 Å². The van der Waals surface area contributed by atoms with E-state index in [0.29, 0.717) is 6.54 Å². The molecule has 0 atom stereocenters. The van der Waals surface area contributed by atoms with Gasteiger partial charge in [-0.05, 0) is 6.92 Å². The number of hydrogen-bond acceptors (Lipinski definition) is 4. The lowest BCUT2D eigenvalue weighted by Crippen LogP contribution is -2.39. The van der Waals surface area contributed by atoms with Crippen LogP contribution in [0.1, 0.15) is 9.88 Å². The highest BCUT2D eigenvalue weighted by Gasteiger charge is 2.27. The molecule has 0 saturated heterocycles. The molecule has 17 heavy (non-hydrogen) atoms. The predicted octanol–water partition coefficient (Wildman–Crippen LogP) is 1.22. The molecule has 4 nitrogen and oxygen atoms in total. The number of nitrogens with one attached hydrogen (secondary N) is 2. The van der Waals surface area contributed by atoms with Crippen LogP contribution in [0.4, 0.5) is 13.2 Å². The smallest absolute Gasteiger partial charge is 0.346 e. The third-order valence-corrected chi connectivity index (χ3v) is 2.65. The van der Waals surface area contributed by atoms with Gasteiger partial charge in [-0.25, -0.2) is 4.98 Å². The molecular weight excluding hydrogens is 255 g/mol. The number of thiazole rings is 1. The van der Waals surface area contributed by atoms with Gasteiger partial charge in [-0.3, -0.25) is 4.79 Å². The summed E-state index contributed by atoms with van der Waals surface area (Å²) in [5.41, 5.74) is 0. The largest absolute Gasteiger partial charge is 0.405 e. The van der Waals surface area contributed by atoms with Gasteiger partial charge in [0.15, 0.2) is 0 Å². The van der Waals surface area contributed by atoms with E-state index < -0.39 is 18.6 Å². The van der Waals surface area contributed by atoms with Crippen molar-refractivity contribution in [1.29, 1.82) is 0 Å². The lowest BCUT2D eigenvalue weighted by molar-refractivity contribution is -0.137. The Morgan fingerprint density at radius 1 is 1.53 bits per heavy atom. The number of hydrogen-bond donors (Lipinski definition) is 2. The van der Waals surface area contributed by atoms with Gasteiger partial charge in [0, 0.05) is 17.6 Å². The zero-order chi connectivity index (χ0) is 12.9. The van der Waals surface area contributed by atoms with Gasteiger partial charge in [0.2, 0.25) is 5.91 Å². The minimum absolute atomic E-state index is 0.146. The molecule has 0 saturated carbocycles. The SMILES string of the molecule is Cc1ncc(CNCC(=O)NCC(F)(F)F)s1. The van der Waals surface area contributed by atoms with Crippen LogP contribution < -0.4 is 10.6 Å². The van der Waals surface area contributed by atoms with Gasteiger partial charge in [0.25, 0.3) is 0 Å². The Morgan fingerprint density at radius 2 is 2.24 bits per heavy atom. The van der Waals surface area contributed by atoms with Gasteiger partial charge in [-0.2, -0.15) is 13.2 Å². The first kappa shape index (κ1) is 13.9. The first-order valence-electron chi connectivity index (χ1n) is 4.82. The maximum absolute atomic E-state index is 11.8. The van der Waals surface area contributed by atoms with Crippen LogP contribution in [-0.4, -0.2) is 30.2 Å². The molecular formula is C9H12F3N3OS. The topological polar surface area (TPSA) is 54.0 Å². The molecule has 1 amide bonds. The molecule has 1 heterocycles. The van der Waals surface area contributed by atoms with E-state index in [1.807, 2.05) is 6.92 Å². The maximum atomic E-state index is 11.8. The number of nitrogens with zero attached hydrogens (tertiary/aromatic N) is 1. The molecule has 0 aliphatic rings. The van der Waals surface area contributed by atoms with Gasteiger partial charge in [0.1, 0.15) is 6.54 Å². The van der Waals surface area contributed by atoms with Crippen LogP contribution in [0.25, 0.3) is 0 Å². The molecule has 1 aromatic rings. The van der Waals surface area contributed by atoms with Crippen molar-refractivity contribution >= 4 is 17.2 Å². The number of halogens is 3. The molecule has 0 bridgehead atoms. The Hall–Kier alpha value is -1.15. The van der Waals surface area contributed by atoms with Gasteiger partial charge >= 0.3 is 6.18 Å². The number of carbonyl (C=O) groups excluding carboxylic acids is 1. The Balaban J connectivity index is 2.16. The van der Waals surface area contributed by atoms with E-state index in [1.54, 1.807) is 11.5 Å². The van der Waals surface area contributed by atoms with Crippen LogP contribution in [0, 0.1) is 6.92 Å². The third kappa shape index (κ3) is 6.22. The number of rotatable bonds is 5. The van der Waals surface area contributed by atoms with Crippen LogP contribution in [-0.2, 0) is 11.3 Å². The summed E-state index contributed by atoms with van der Waals surface area (Å²) in [4.78, 5) is 15.9. The minimum atomic E-state index is -4.37. The van der Waals surface area contributed by atoms with Crippen molar-refractivity contribution in [3.63, 3.8) is 0 Å². The molecule has 0 aromatic carbocycles. The molecule has 0 spiro atoms. The number of aryl methyl sites for hydroxylation is 1. The maximum Gasteiger partial charge on any atom is 0.405 e. The average Bonchev–Trinajstić information content (AvgIpc) is 2.60. The van der Waals surface area contributed by atoms with Crippen molar-refractivity contribution < 1.29 is 18.0 Å². The fraction of sp³-hybridized carbons (Fsp3) is 0.556. The van der Waals surface area contributed by atoms with E-state index >= 15 is 0 Å². The Labute approximate surface area is 100 Å². The lowest BCUT2D eigenvalue weighted by atomic mass is 10.5. The Kier molecular flexibility index (Phi) is 4.88. The van der Waals surface area contributed by atoms with E-state index in [-0.39, 0.29) is 6.54 Å². The van der Waals surface area contributed by atoms with Crippen molar-refractivity contribution in [2.75, 3.05) is 13.1 Å². The van der Waals surface area contributed by atoms with Crippen molar-refractivity contribution in [3.8, 4) is 0 Å². The van der Waals surface area contributed by atoms with E-state index in [2.05, 4.69) is 10.3 Å². The molecule has 0 aliphatic carbocycles. The number of aromatic nitrogens is 1. The van der Waals surface area contributed by atoms with E-state index in [0.717, 1.165) is 9.88 Å². The molecule has 2 N–H and O–H groups in total. The standard InChI is InChI=1S/C9H12F3N3OS/c1-6-14-3-7(17-6)2-13-4-8(16)15-5-9(10,11)12/h3,13H,2,4-5H2,1H3,(H,15,16). The number of alkyl halides is 3. The van der Waals surface area contributed by atoms with Gasteiger partial charge in [-0.1, -0.05) is 0 Å². The lowest BCUT2D eigenvalue weighted by Gasteiger charge is -2.08. The van der Waals surface area contributed by atoms with Crippen LogP contribution >= 0.6 is 11.3 Å². The van der Waals surface area contributed by atoms with E-state index in [1.165, 1.54) is 11.3 Å². The normalized spacial score (nSPS) is 11.5. The highest BCUT2D eigenvalue weighted by Crippen LogP contribution is 2.12. The summed E-state index contributed by atoms with van der Waals surface area (Å²) < 4.78 is 35.3. The van der Waals surface area contributed by atoms with Crippen molar-refractivity contribution in [2.24, 2.45) is 0 Å². The van der Waals surface area contributed by atoms with Crippen LogP contribution in [0.15, 0.2) is 6.20 Å². The fourth-order valence-corrected chi connectivity index (χ4v) is 1.81. The summed E-state index contributed by atoms with van der Waals surface area (Å²) in [7, 11) is 0. The van der Waals surface area contributed by atoms with Gasteiger partial charge in [-0.15, -0.1) is 11.3 Å².